The van der Waals surface area contributed by atoms with Crippen molar-refractivity contribution in [3.63, 3.8) is 0 Å². The fourth-order valence-electron chi connectivity index (χ4n) is 0.735. The molecule has 0 aliphatic heterocycles. The lowest BCUT2D eigenvalue weighted by Crippen LogP contribution is -2.25. The van der Waals surface area contributed by atoms with Gasteiger partial charge in [0.25, 0.3) is 0 Å². The fourth-order valence-corrected chi connectivity index (χ4v) is 0.735. The summed E-state index contributed by atoms with van der Waals surface area (Å²) in [7, 11) is 0. The summed E-state index contributed by atoms with van der Waals surface area (Å²) in [5.74, 6) is -0.304. The quantitative estimate of drug-likeness (QED) is 0.448. The zero-order valence-corrected chi connectivity index (χ0v) is 9.25. The molecule has 0 rings (SSSR count). The van der Waals surface area contributed by atoms with E-state index in [0.29, 0.717) is 19.6 Å². The summed E-state index contributed by atoms with van der Waals surface area (Å²) < 4.78 is 15.3. The SMILES string of the molecule is CCCOC(OCCC)OC(=O)CC. The van der Waals surface area contributed by atoms with E-state index < -0.39 is 6.48 Å². The summed E-state index contributed by atoms with van der Waals surface area (Å²) in [5, 5.41) is 0. The minimum atomic E-state index is -0.831. The highest BCUT2D eigenvalue weighted by Gasteiger charge is 2.13. The zero-order valence-electron chi connectivity index (χ0n) is 9.25. The van der Waals surface area contributed by atoms with Gasteiger partial charge < -0.3 is 14.2 Å². The molecular weight excluding hydrogens is 184 g/mol. The largest absolute Gasteiger partial charge is 0.410 e. The summed E-state index contributed by atoms with van der Waals surface area (Å²) in [6.07, 6.45) is 2.08. The summed E-state index contributed by atoms with van der Waals surface area (Å²) >= 11 is 0. The fraction of sp³-hybridized carbons (Fsp3) is 0.900. The molecule has 0 atom stereocenters. The first-order valence-electron chi connectivity index (χ1n) is 5.17. The van der Waals surface area contributed by atoms with Crippen LogP contribution < -0.4 is 0 Å². The van der Waals surface area contributed by atoms with Gasteiger partial charge in [0.1, 0.15) is 0 Å². The van der Waals surface area contributed by atoms with Crippen molar-refractivity contribution in [1.82, 2.24) is 0 Å². The highest BCUT2D eigenvalue weighted by Crippen LogP contribution is 2.01. The topological polar surface area (TPSA) is 44.8 Å². The second-order valence-electron chi connectivity index (χ2n) is 2.87. The molecular formula is C10H20O4. The highest BCUT2D eigenvalue weighted by atomic mass is 16.9. The van der Waals surface area contributed by atoms with Crippen molar-refractivity contribution in [1.29, 1.82) is 0 Å². The van der Waals surface area contributed by atoms with Gasteiger partial charge in [-0.05, 0) is 12.8 Å². The van der Waals surface area contributed by atoms with Crippen LogP contribution in [0.1, 0.15) is 40.0 Å². The number of carbonyl (C=O) groups excluding carboxylic acids is 1. The van der Waals surface area contributed by atoms with Crippen molar-refractivity contribution in [3.05, 3.63) is 0 Å². The lowest BCUT2D eigenvalue weighted by atomic mass is 10.5. The Morgan fingerprint density at radius 2 is 1.57 bits per heavy atom. The number of hydrogen-bond acceptors (Lipinski definition) is 4. The molecule has 0 saturated carbocycles. The molecule has 0 aromatic rings. The van der Waals surface area contributed by atoms with Crippen LogP contribution in [0, 0.1) is 0 Å². The van der Waals surface area contributed by atoms with Gasteiger partial charge in [-0.25, -0.2) is 0 Å². The lowest BCUT2D eigenvalue weighted by Gasteiger charge is -2.17. The van der Waals surface area contributed by atoms with Gasteiger partial charge in [0.15, 0.2) is 0 Å². The van der Waals surface area contributed by atoms with Gasteiger partial charge in [-0.3, -0.25) is 4.79 Å². The summed E-state index contributed by atoms with van der Waals surface area (Å²) in [4.78, 5) is 11.0. The number of hydrogen-bond donors (Lipinski definition) is 0. The first-order valence-corrected chi connectivity index (χ1v) is 5.17. The summed E-state index contributed by atoms with van der Waals surface area (Å²) in [6, 6.07) is 0. The maximum Gasteiger partial charge on any atom is 0.318 e. The van der Waals surface area contributed by atoms with Gasteiger partial charge in [-0.2, -0.15) is 0 Å². The predicted molar refractivity (Wildman–Crippen MR) is 52.7 cm³/mol. The van der Waals surface area contributed by atoms with E-state index in [1.807, 2.05) is 13.8 Å². The molecule has 0 N–H and O–H groups in total. The molecule has 4 heteroatoms. The van der Waals surface area contributed by atoms with Crippen LogP contribution in [0.25, 0.3) is 0 Å². The molecule has 0 fully saturated rings. The normalized spacial score (nSPS) is 10.6. The minimum Gasteiger partial charge on any atom is -0.410 e. The van der Waals surface area contributed by atoms with E-state index in [4.69, 9.17) is 14.2 Å². The molecule has 0 radical (unpaired) electrons. The maximum atomic E-state index is 11.0. The number of esters is 1. The van der Waals surface area contributed by atoms with Crippen LogP contribution in [-0.2, 0) is 19.0 Å². The molecule has 0 amide bonds. The molecule has 0 heterocycles. The average Bonchev–Trinajstić information content (AvgIpc) is 2.21. The third-order valence-electron chi connectivity index (χ3n) is 1.43. The molecule has 0 spiro atoms. The molecule has 14 heavy (non-hydrogen) atoms. The van der Waals surface area contributed by atoms with Crippen LogP contribution >= 0.6 is 0 Å². The number of rotatable bonds is 8. The van der Waals surface area contributed by atoms with E-state index in [-0.39, 0.29) is 5.97 Å². The summed E-state index contributed by atoms with van der Waals surface area (Å²) in [6.45, 7) is 5.94. The van der Waals surface area contributed by atoms with Gasteiger partial charge in [0.05, 0.1) is 13.2 Å². The van der Waals surface area contributed by atoms with Gasteiger partial charge in [0.2, 0.25) is 0 Å². The Morgan fingerprint density at radius 1 is 1.07 bits per heavy atom. The second-order valence-corrected chi connectivity index (χ2v) is 2.87. The van der Waals surface area contributed by atoms with Gasteiger partial charge in [0, 0.05) is 6.42 Å². The summed E-state index contributed by atoms with van der Waals surface area (Å²) in [5.41, 5.74) is 0. The Bertz CT molecular complexity index is 139. The zero-order chi connectivity index (χ0) is 10.8. The maximum absolute atomic E-state index is 11.0. The number of ether oxygens (including phenoxy) is 3. The van der Waals surface area contributed by atoms with Crippen molar-refractivity contribution in [2.45, 2.75) is 46.5 Å². The average molecular weight is 204 g/mol. The van der Waals surface area contributed by atoms with E-state index in [2.05, 4.69) is 0 Å². The van der Waals surface area contributed by atoms with Crippen molar-refractivity contribution in [3.8, 4) is 0 Å². The third kappa shape index (κ3) is 6.86. The van der Waals surface area contributed by atoms with E-state index >= 15 is 0 Å². The third-order valence-corrected chi connectivity index (χ3v) is 1.43. The van der Waals surface area contributed by atoms with Gasteiger partial charge in [-0.1, -0.05) is 20.8 Å². The van der Waals surface area contributed by atoms with E-state index in [0.717, 1.165) is 12.8 Å². The Balaban J connectivity index is 3.77. The molecule has 0 saturated heterocycles. The Hall–Kier alpha value is -0.610. The molecule has 0 bridgehead atoms. The van der Waals surface area contributed by atoms with E-state index in [9.17, 15) is 4.79 Å². The predicted octanol–water partition coefficient (Wildman–Crippen LogP) is 2.08. The molecule has 0 aromatic heterocycles. The van der Waals surface area contributed by atoms with Crippen LogP contribution in [0.3, 0.4) is 0 Å². The van der Waals surface area contributed by atoms with Crippen LogP contribution in [0.2, 0.25) is 0 Å². The minimum absolute atomic E-state index is 0.304. The van der Waals surface area contributed by atoms with Crippen LogP contribution in [-0.4, -0.2) is 25.7 Å². The monoisotopic (exact) mass is 204 g/mol. The van der Waals surface area contributed by atoms with Crippen LogP contribution in [0.5, 0.6) is 0 Å². The molecule has 4 nitrogen and oxygen atoms in total. The molecule has 0 aliphatic carbocycles. The van der Waals surface area contributed by atoms with Crippen molar-refractivity contribution >= 4 is 5.97 Å². The van der Waals surface area contributed by atoms with Crippen molar-refractivity contribution in [2.24, 2.45) is 0 Å². The van der Waals surface area contributed by atoms with E-state index in [1.165, 1.54) is 0 Å². The Kier molecular flexibility index (Phi) is 8.57. The van der Waals surface area contributed by atoms with E-state index in [1.54, 1.807) is 6.92 Å². The standard InChI is InChI=1S/C10H20O4/c1-4-7-12-10(13-8-5-2)14-9(11)6-3/h10H,4-8H2,1-3H3. The first kappa shape index (κ1) is 13.4. The lowest BCUT2D eigenvalue weighted by molar-refractivity contribution is -0.275. The van der Waals surface area contributed by atoms with Crippen molar-refractivity contribution in [2.75, 3.05) is 13.2 Å². The molecule has 0 aromatic carbocycles. The highest BCUT2D eigenvalue weighted by molar-refractivity contribution is 5.68. The van der Waals surface area contributed by atoms with Crippen LogP contribution in [0.15, 0.2) is 0 Å². The van der Waals surface area contributed by atoms with Crippen molar-refractivity contribution < 1.29 is 19.0 Å². The smallest absolute Gasteiger partial charge is 0.318 e. The molecule has 84 valence electrons. The number of carbonyl (C=O) groups is 1. The molecule has 0 unspecified atom stereocenters. The Morgan fingerprint density at radius 3 is 1.93 bits per heavy atom. The van der Waals surface area contributed by atoms with Gasteiger partial charge in [-0.15, -0.1) is 0 Å². The van der Waals surface area contributed by atoms with Gasteiger partial charge >= 0.3 is 12.4 Å². The first-order chi connectivity index (χ1) is 6.74. The Labute approximate surface area is 85.5 Å². The molecule has 0 aliphatic rings. The second kappa shape index (κ2) is 8.97. The van der Waals surface area contributed by atoms with Crippen LogP contribution in [0.4, 0.5) is 0 Å².